The number of hydrogen-bond donors (Lipinski definition) is 1. The normalized spacial score (nSPS) is 19.2. The minimum absolute atomic E-state index is 0.0346. The summed E-state index contributed by atoms with van der Waals surface area (Å²) in [6.45, 7) is 2.86. The molecule has 0 unspecified atom stereocenters. The van der Waals surface area contributed by atoms with Gasteiger partial charge < -0.3 is 15.0 Å². The highest BCUT2D eigenvalue weighted by Gasteiger charge is 2.25. The van der Waals surface area contributed by atoms with E-state index in [1.54, 1.807) is 18.9 Å². The monoisotopic (exact) mass is 252 g/mol. The number of nitrogens with one attached hydrogen (secondary N) is 1. The Bertz CT molecular complexity index is 394. The molecule has 92 valence electrons. The molecular weight excluding hydrogens is 236 g/mol. The molecule has 1 aliphatic heterocycles. The lowest BCUT2D eigenvalue weighted by Crippen LogP contribution is -2.36. The molecule has 1 saturated heterocycles. The van der Waals surface area contributed by atoms with Gasteiger partial charge in [-0.2, -0.15) is 0 Å². The first-order valence-electron chi connectivity index (χ1n) is 5.54. The van der Waals surface area contributed by atoms with Crippen LogP contribution in [0.5, 0.6) is 5.75 Å². The van der Waals surface area contributed by atoms with E-state index in [1.807, 2.05) is 36.1 Å². The number of anilines is 1. The second-order valence-electron chi connectivity index (χ2n) is 3.82. The standard InChI is InChI=1S/C12H16N2O2S/c1-9-14(7-8-17-9)12(15)13-10-3-5-11(16-2)6-4-10/h3-6,9H,7-8H2,1-2H3,(H,13,15)/t9-/m1/s1. The molecule has 1 aromatic carbocycles. The van der Waals surface area contributed by atoms with E-state index in [0.29, 0.717) is 0 Å². The minimum atomic E-state index is -0.0346. The van der Waals surface area contributed by atoms with Gasteiger partial charge in [0.05, 0.1) is 12.5 Å². The Morgan fingerprint density at radius 1 is 1.47 bits per heavy atom. The van der Waals surface area contributed by atoms with Crippen molar-refractivity contribution in [2.75, 3.05) is 24.7 Å². The Hall–Kier alpha value is -1.36. The Kier molecular flexibility index (Phi) is 3.78. The highest BCUT2D eigenvalue weighted by Crippen LogP contribution is 2.24. The third-order valence-corrected chi connectivity index (χ3v) is 3.89. The molecule has 1 aliphatic rings. The van der Waals surface area contributed by atoms with Gasteiger partial charge in [0.1, 0.15) is 5.75 Å². The van der Waals surface area contributed by atoms with Gasteiger partial charge >= 0.3 is 6.03 Å². The van der Waals surface area contributed by atoms with E-state index < -0.39 is 0 Å². The molecule has 2 rings (SSSR count). The summed E-state index contributed by atoms with van der Waals surface area (Å²) in [5, 5.41) is 3.14. The molecule has 0 spiro atoms. The third kappa shape index (κ3) is 2.85. The fourth-order valence-corrected chi connectivity index (χ4v) is 2.75. The zero-order chi connectivity index (χ0) is 12.3. The van der Waals surface area contributed by atoms with Crippen LogP contribution in [-0.2, 0) is 0 Å². The van der Waals surface area contributed by atoms with Gasteiger partial charge in [0.15, 0.2) is 0 Å². The van der Waals surface area contributed by atoms with E-state index in [1.165, 1.54) is 0 Å². The second-order valence-corrected chi connectivity index (χ2v) is 5.25. The van der Waals surface area contributed by atoms with Crippen LogP contribution in [0.3, 0.4) is 0 Å². The van der Waals surface area contributed by atoms with E-state index >= 15 is 0 Å². The van der Waals surface area contributed by atoms with Crippen LogP contribution in [0.15, 0.2) is 24.3 Å². The number of urea groups is 1. The summed E-state index contributed by atoms with van der Waals surface area (Å²) in [5.74, 6) is 1.80. The third-order valence-electron chi connectivity index (χ3n) is 2.73. The zero-order valence-electron chi connectivity index (χ0n) is 9.97. The largest absolute Gasteiger partial charge is 0.497 e. The first kappa shape index (κ1) is 12.1. The summed E-state index contributed by atoms with van der Waals surface area (Å²) in [7, 11) is 1.62. The summed E-state index contributed by atoms with van der Waals surface area (Å²) >= 11 is 1.80. The number of carbonyl (C=O) groups excluding carboxylic acids is 1. The topological polar surface area (TPSA) is 41.6 Å². The first-order valence-corrected chi connectivity index (χ1v) is 6.59. The van der Waals surface area contributed by atoms with Crippen molar-refractivity contribution in [1.29, 1.82) is 0 Å². The smallest absolute Gasteiger partial charge is 0.322 e. The molecule has 1 fully saturated rings. The zero-order valence-corrected chi connectivity index (χ0v) is 10.8. The Morgan fingerprint density at radius 2 is 2.18 bits per heavy atom. The molecule has 4 nitrogen and oxygen atoms in total. The molecule has 5 heteroatoms. The second kappa shape index (κ2) is 5.31. The van der Waals surface area contributed by atoms with Crippen LogP contribution in [0.1, 0.15) is 6.92 Å². The number of hydrogen-bond acceptors (Lipinski definition) is 3. The number of thioether (sulfide) groups is 1. The lowest BCUT2D eigenvalue weighted by atomic mass is 10.3. The fraction of sp³-hybridized carbons (Fsp3) is 0.417. The Balaban J connectivity index is 1.97. The molecule has 1 heterocycles. The van der Waals surface area contributed by atoms with Gasteiger partial charge in [-0.1, -0.05) is 0 Å². The molecule has 0 saturated carbocycles. The van der Waals surface area contributed by atoms with Gasteiger partial charge in [0.25, 0.3) is 0 Å². The molecule has 1 atom stereocenters. The van der Waals surface area contributed by atoms with E-state index in [4.69, 9.17) is 4.74 Å². The highest BCUT2D eigenvalue weighted by molar-refractivity contribution is 8.00. The summed E-state index contributed by atoms with van der Waals surface area (Å²) in [4.78, 5) is 13.8. The van der Waals surface area contributed by atoms with Crippen molar-refractivity contribution in [3.05, 3.63) is 24.3 Å². The summed E-state index contributed by atoms with van der Waals surface area (Å²) in [6.07, 6.45) is 0. The minimum Gasteiger partial charge on any atom is -0.497 e. The molecule has 1 aromatic rings. The number of amides is 2. The Morgan fingerprint density at radius 3 is 2.71 bits per heavy atom. The van der Waals surface area contributed by atoms with Crippen molar-refractivity contribution in [2.24, 2.45) is 0 Å². The number of carbonyl (C=O) groups is 1. The fourth-order valence-electron chi connectivity index (χ4n) is 1.73. The van der Waals surface area contributed by atoms with Crippen molar-refractivity contribution in [3.8, 4) is 5.75 Å². The molecule has 0 radical (unpaired) electrons. The van der Waals surface area contributed by atoms with Crippen molar-refractivity contribution in [1.82, 2.24) is 4.90 Å². The molecule has 0 aromatic heterocycles. The van der Waals surface area contributed by atoms with Crippen LogP contribution in [0.2, 0.25) is 0 Å². The van der Waals surface area contributed by atoms with Gasteiger partial charge in [-0.3, -0.25) is 0 Å². The van der Waals surface area contributed by atoms with Crippen LogP contribution in [0.4, 0.5) is 10.5 Å². The van der Waals surface area contributed by atoms with E-state index in [2.05, 4.69) is 5.32 Å². The van der Waals surface area contributed by atoms with Gasteiger partial charge in [-0.05, 0) is 31.2 Å². The van der Waals surface area contributed by atoms with E-state index in [0.717, 1.165) is 23.7 Å². The van der Waals surface area contributed by atoms with Crippen molar-refractivity contribution in [2.45, 2.75) is 12.3 Å². The van der Waals surface area contributed by atoms with Gasteiger partial charge in [-0.15, -0.1) is 11.8 Å². The maximum Gasteiger partial charge on any atom is 0.322 e. The van der Waals surface area contributed by atoms with Crippen LogP contribution in [-0.4, -0.2) is 35.7 Å². The van der Waals surface area contributed by atoms with Gasteiger partial charge in [0, 0.05) is 18.0 Å². The number of rotatable bonds is 2. The number of ether oxygens (including phenoxy) is 1. The number of benzene rings is 1. The summed E-state index contributed by atoms with van der Waals surface area (Å²) in [6, 6.07) is 7.30. The van der Waals surface area contributed by atoms with E-state index in [9.17, 15) is 4.79 Å². The molecule has 0 aliphatic carbocycles. The number of methoxy groups -OCH3 is 1. The van der Waals surface area contributed by atoms with Gasteiger partial charge in [0.2, 0.25) is 0 Å². The Labute approximate surface area is 105 Å². The van der Waals surface area contributed by atoms with Gasteiger partial charge in [-0.25, -0.2) is 4.79 Å². The first-order chi connectivity index (χ1) is 8.20. The lowest BCUT2D eigenvalue weighted by Gasteiger charge is -2.20. The quantitative estimate of drug-likeness (QED) is 0.879. The van der Waals surface area contributed by atoms with Crippen LogP contribution < -0.4 is 10.1 Å². The highest BCUT2D eigenvalue weighted by atomic mass is 32.2. The van der Waals surface area contributed by atoms with E-state index in [-0.39, 0.29) is 11.4 Å². The average molecular weight is 252 g/mol. The molecule has 1 N–H and O–H groups in total. The predicted octanol–water partition coefficient (Wildman–Crippen LogP) is 2.62. The average Bonchev–Trinajstić information content (AvgIpc) is 2.76. The predicted molar refractivity (Wildman–Crippen MR) is 70.6 cm³/mol. The maximum absolute atomic E-state index is 11.9. The van der Waals surface area contributed by atoms with Crippen LogP contribution in [0, 0.1) is 0 Å². The SMILES string of the molecule is COc1ccc(NC(=O)N2CCS[C@@H]2C)cc1. The van der Waals surface area contributed by atoms with Crippen molar-refractivity contribution >= 4 is 23.5 Å². The van der Waals surface area contributed by atoms with Crippen LogP contribution >= 0.6 is 11.8 Å². The number of nitrogens with zero attached hydrogens (tertiary/aromatic N) is 1. The molecule has 17 heavy (non-hydrogen) atoms. The van der Waals surface area contributed by atoms with Crippen LogP contribution in [0.25, 0.3) is 0 Å². The molecular formula is C12H16N2O2S. The summed E-state index contributed by atoms with van der Waals surface area (Å²) in [5.41, 5.74) is 0.792. The van der Waals surface area contributed by atoms with Crippen molar-refractivity contribution < 1.29 is 9.53 Å². The van der Waals surface area contributed by atoms with Crippen molar-refractivity contribution in [3.63, 3.8) is 0 Å². The molecule has 0 bridgehead atoms. The lowest BCUT2D eigenvalue weighted by molar-refractivity contribution is 0.216. The maximum atomic E-state index is 11.9. The molecule has 2 amide bonds. The summed E-state index contributed by atoms with van der Waals surface area (Å²) < 4.78 is 5.06.